The van der Waals surface area contributed by atoms with E-state index < -0.39 is 24.0 Å². The van der Waals surface area contributed by atoms with E-state index in [9.17, 15) is 22.8 Å². The second kappa shape index (κ2) is 11.0. The molecular weight excluding hydrogens is 519 g/mol. The molecule has 0 bridgehead atoms. The summed E-state index contributed by atoms with van der Waals surface area (Å²) < 4.78 is 59.3. The van der Waals surface area contributed by atoms with Crippen LogP contribution in [-0.2, 0) is 9.47 Å². The number of ether oxygens (including phenoxy) is 3. The highest BCUT2D eigenvalue weighted by Crippen LogP contribution is 2.34. The molecule has 1 aliphatic heterocycles. The van der Waals surface area contributed by atoms with Crippen molar-refractivity contribution in [2.45, 2.75) is 46.3 Å². The van der Waals surface area contributed by atoms with Gasteiger partial charge in [0.1, 0.15) is 11.5 Å². The van der Waals surface area contributed by atoms with E-state index in [0.29, 0.717) is 22.6 Å². The third kappa shape index (κ3) is 6.51. The number of amides is 1. The summed E-state index contributed by atoms with van der Waals surface area (Å²) in [5.74, 6) is -1.19. The molecule has 39 heavy (non-hydrogen) atoms. The number of hydrogen-bond acceptors (Lipinski definition) is 8. The van der Waals surface area contributed by atoms with E-state index in [1.165, 1.54) is 18.1 Å². The van der Waals surface area contributed by atoms with Crippen LogP contribution in [0.5, 0.6) is 5.75 Å². The number of aryl methyl sites for hydroxylation is 2. The summed E-state index contributed by atoms with van der Waals surface area (Å²) >= 11 is 0. The zero-order valence-corrected chi connectivity index (χ0v) is 22.0. The fourth-order valence-corrected chi connectivity index (χ4v) is 4.65. The van der Waals surface area contributed by atoms with Crippen LogP contribution in [-0.4, -0.2) is 60.7 Å². The third-order valence-electron chi connectivity index (χ3n) is 6.12. The second-order valence-electron chi connectivity index (χ2n) is 9.34. The number of benzene rings is 2. The zero-order chi connectivity index (χ0) is 28.5. The number of alkyl halides is 3. The lowest BCUT2D eigenvalue weighted by Crippen LogP contribution is -2.48. The molecule has 208 valence electrons. The molecule has 0 radical (unpaired) electrons. The normalized spacial score (nSPS) is 17.6. The van der Waals surface area contributed by atoms with Gasteiger partial charge in [-0.1, -0.05) is 11.2 Å². The maximum atomic E-state index is 13.3. The van der Waals surface area contributed by atoms with Crippen molar-refractivity contribution in [2.75, 3.05) is 25.5 Å². The number of aromatic nitrogens is 1. The predicted molar refractivity (Wildman–Crippen MR) is 135 cm³/mol. The van der Waals surface area contributed by atoms with Crippen LogP contribution in [0.25, 0.3) is 11.1 Å². The van der Waals surface area contributed by atoms with Crippen molar-refractivity contribution in [3.05, 3.63) is 59.0 Å². The largest absolute Gasteiger partial charge is 0.573 e. The van der Waals surface area contributed by atoms with Crippen LogP contribution in [0.3, 0.4) is 0 Å². The van der Waals surface area contributed by atoms with Crippen LogP contribution in [0.4, 0.5) is 24.5 Å². The molecule has 1 amide bonds. The number of anilines is 2. The summed E-state index contributed by atoms with van der Waals surface area (Å²) in [6.07, 6.45) is -5.44. The lowest BCUT2D eigenvalue weighted by Gasteiger charge is -2.35. The fourth-order valence-electron chi connectivity index (χ4n) is 4.65. The molecule has 0 aliphatic carbocycles. The van der Waals surface area contributed by atoms with Gasteiger partial charge in [-0.15, -0.1) is 13.2 Å². The Morgan fingerprint density at radius 1 is 1.08 bits per heavy atom. The van der Waals surface area contributed by atoms with Crippen molar-refractivity contribution < 1.29 is 41.5 Å². The van der Waals surface area contributed by atoms with Crippen LogP contribution < -0.4 is 10.1 Å². The van der Waals surface area contributed by atoms with Crippen LogP contribution in [0.15, 0.2) is 40.9 Å². The number of nitrogens with one attached hydrogen (secondary N) is 1. The first-order valence-corrected chi connectivity index (χ1v) is 12.1. The Balaban J connectivity index is 1.74. The number of morpholine rings is 1. The van der Waals surface area contributed by atoms with Crippen LogP contribution in [0.2, 0.25) is 0 Å². The molecular formula is C27H28F3N3O6. The number of methoxy groups -OCH3 is 1. The van der Waals surface area contributed by atoms with Gasteiger partial charge < -0.3 is 29.0 Å². The third-order valence-corrected chi connectivity index (χ3v) is 6.12. The molecule has 0 saturated carbocycles. The van der Waals surface area contributed by atoms with Gasteiger partial charge in [0.05, 0.1) is 36.3 Å². The van der Waals surface area contributed by atoms with Crippen molar-refractivity contribution in [3.63, 3.8) is 0 Å². The average molecular weight is 548 g/mol. The number of hydrogen-bond donors (Lipinski definition) is 1. The minimum absolute atomic E-state index is 0.0208. The van der Waals surface area contributed by atoms with Crippen molar-refractivity contribution in [1.29, 1.82) is 0 Å². The maximum Gasteiger partial charge on any atom is 0.573 e. The number of carbonyl (C=O) groups excluding carboxylic acids is 2. The number of rotatable bonds is 6. The molecule has 0 spiro atoms. The van der Waals surface area contributed by atoms with E-state index in [1.807, 2.05) is 13.8 Å². The standard InChI is InChI=1S/C27H28F3N3O6/c1-14-12-33(13-15(2)37-14)25(34)19-8-20(11-21(9-19)38-27(28,29)30)31-23-7-6-18(10-22(23)26(35)36-5)24-16(3)32-39-17(24)4/h6-11,14-15,31H,12-13H2,1-5H3. The Bertz CT molecular complexity index is 1360. The van der Waals surface area contributed by atoms with Crippen molar-refractivity contribution >= 4 is 23.3 Å². The monoisotopic (exact) mass is 547 g/mol. The summed E-state index contributed by atoms with van der Waals surface area (Å²) in [4.78, 5) is 27.5. The number of halogens is 3. The summed E-state index contributed by atoms with van der Waals surface area (Å²) in [6, 6.07) is 8.39. The molecule has 2 unspecified atom stereocenters. The average Bonchev–Trinajstić information content (AvgIpc) is 3.19. The smallest absolute Gasteiger partial charge is 0.465 e. The zero-order valence-electron chi connectivity index (χ0n) is 22.0. The number of carbonyl (C=O) groups is 2. The molecule has 1 saturated heterocycles. The van der Waals surface area contributed by atoms with Gasteiger partial charge in [-0.3, -0.25) is 4.79 Å². The van der Waals surface area contributed by atoms with Gasteiger partial charge in [0.25, 0.3) is 5.91 Å². The Morgan fingerprint density at radius 3 is 2.36 bits per heavy atom. The van der Waals surface area contributed by atoms with E-state index in [1.54, 1.807) is 32.0 Å². The van der Waals surface area contributed by atoms with E-state index in [0.717, 1.165) is 12.1 Å². The van der Waals surface area contributed by atoms with E-state index in [-0.39, 0.29) is 47.8 Å². The van der Waals surface area contributed by atoms with E-state index >= 15 is 0 Å². The predicted octanol–water partition coefficient (Wildman–Crippen LogP) is 5.64. The first kappa shape index (κ1) is 28.0. The molecule has 12 heteroatoms. The van der Waals surface area contributed by atoms with Gasteiger partial charge in [0, 0.05) is 36.0 Å². The molecule has 9 nitrogen and oxygen atoms in total. The Hall–Kier alpha value is -4.06. The lowest BCUT2D eigenvalue weighted by atomic mass is 10.00. The van der Waals surface area contributed by atoms with Crippen LogP contribution in [0, 0.1) is 13.8 Å². The van der Waals surface area contributed by atoms with Crippen LogP contribution in [0.1, 0.15) is 46.0 Å². The number of esters is 1. The molecule has 4 rings (SSSR count). The van der Waals surface area contributed by atoms with Crippen LogP contribution >= 0.6 is 0 Å². The topological polar surface area (TPSA) is 103 Å². The quantitative estimate of drug-likeness (QED) is 0.396. The minimum Gasteiger partial charge on any atom is -0.465 e. The van der Waals surface area contributed by atoms with Crippen molar-refractivity contribution in [1.82, 2.24) is 10.1 Å². The molecule has 2 aromatic carbocycles. The molecule has 1 N–H and O–H groups in total. The van der Waals surface area contributed by atoms with Crippen molar-refractivity contribution in [3.8, 4) is 16.9 Å². The lowest BCUT2D eigenvalue weighted by molar-refractivity contribution is -0.274. The Morgan fingerprint density at radius 2 is 1.77 bits per heavy atom. The van der Waals surface area contributed by atoms with Crippen molar-refractivity contribution in [2.24, 2.45) is 0 Å². The van der Waals surface area contributed by atoms with Gasteiger partial charge in [-0.05, 0) is 57.5 Å². The first-order chi connectivity index (χ1) is 18.3. The molecule has 2 heterocycles. The minimum atomic E-state index is -4.98. The van der Waals surface area contributed by atoms with E-state index in [2.05, 4.69) is 15.2 Å². The van der Waals surface area contributed by atoms with E-state index in [4.69, 9.17) is 14.0 Å². The van der Waals surface area contributed by atoms with Gasteiger partial charge in [-0.25, -0.2) is 4.79 Å². The van der Waals surface area contributed by atoms with Gasteiger partial charge >= 0.3 is 12.3 Å². The molecule has 1 aliphatic rings. The molecule has 1 aromatic heterocycles. The highest BCUT2D eigenvalue weighted by molar-refractivity contribution is 5.99. The first-order valence-electron chi connectivity index (χ1n) is 12.1. The summed E-state index contributed by atoms with van der Waals surface area (Å²) in [7, 11) is 1.22. The summed E-state index contributed by atoms with van der Waals surface area (Å²) in [6.45, 7) is 7.69. The maximum absolute atomic E-state index is 13.3. The molecule has 1 fully saturated rings. The fraction of sp³-hybridized carbons (Fsp3) is 0.370. The number of nitrogens with zero attached hydrogens (tertiary/aromatic N) is 2. The highest BCUT2D eigenvalue weighted by atomic mass is 19.4. The molecule has 2 atom stereocenters. The Labute approximate surface area is 222 Å². The van der Waals surface area contributed by atoms with Gasteiger partial charge in [0.15, 0.2) is 0 Å². The molecule has 3 aromatic rings. The Kier molecular flexibility index (Phi) is 7.86. The van der Waals surface area contributed by atoms with Gasteiger partial charge in [0.2, 0.25) is 0 Å². The summed E-state index contributed by atoms with van der Waals surface area (Å²) in [5, 5.41) is 6.88. The summed E-state index contributed by atoms with van der Waals surface area (Å²) in [5.41, 5.74) is 2.40. The van der Waals surface area contributed by atoms with Gasteiger partial charge in [-0.2, -0.15) is 0 Å². The highest BCUT2D eigenvalue weighted by Gasteiger charge is 2.32. The second-order valence-corrected chi connectivity index (χ2v) is 9.34. The SMILES string of the molecule is COC(=O)c1cc(-c2c(C)noc2C)ccc1Nc1cc(OC(F)(F)F)cc(C(=O)N2CC(C)OC(C)C2)c1.